The standard InChI is InChI=1S/C24H23N3O4/c1-14(15-8-6-5-7-9-15)22(28)17-12-26-24-21(17)25-13-18(27-24)16-10-19(29-2)23(31-4)20(11-16)30-3/h5-14H,1-4H3,(H,26,27). The SMILES string of the molecule is COc1cc(-c2cnc3c(C(=O)C(C)c4ccccc4)c[nH]c3n2)cc(OC)c1OC. The van der Waals surface area contributed by atoms with Crippen LogP contribution in [-0.4, -0.2) is 42.1 Å². The van der Waals surface area contributed by atoms with E-state index in [1.54, 1.807) is 33.7 Å². The highest BCUT2D eigenvalue weighted by atomic mass is 16.5. The smallest absolute Gasteiger partial charge is 0.203 e. The van der Waals surface area contributed by atoms with E-state index in [-0.39, 0.29) is 11.7 Å². The molecule has 2 heterocycles. The van der Waals surface area contributed by atoms with Crippen LogP contribution >= 0.6 is 0 Å². The first-order valence-electron chi connectivity index (χ1n) is 9.81. The van der Waals surface area contributed by atoms with Gasteiger partial charge < -0.3 is 19.2 Å². The lowest BCUT2D eigenvalue weighted by atomic mass is 9.93. The predicted molar refractivity (Wildman–Crippen MR) is 118 cm³/mol. The summed E-state index contributed by atoms with van der Waals surface area (Å²) < 4.78 is 16.2. The summed E-state index contributed by atoms with van der Waals surface area (Å²) in [6.45, 7) is 1.90. The van der Waals surface area contributed by atoms with Gasteiger partial charge in [0.2, 0.25) is 5.75 Å². The molecule has 158 valence electrons. The first-order valence-corrected chi connectivity index (χ1v) is 9.81. The van der Waals surface area contributed by atoms with Gasteiger partial charge in [0.25, 0.3) is 0 Å². The molecule has 1 N–H and O–H groups in total. The Hall–Kier alpha value is -3.87. The highest BCUT2D eigenvalue weighted by Crippen LogP contribution is 2.41. The van der Waals surface area contributed by atoms with Crippen LogP contribution in [0.15, 0.2) is 54.9 Å². The maximum atomic E-state index is 13.1. The zero-order chi connectivity index (χ0) is 22.0. The number of carbonyl (C=O) groups is 1. The summed E-state index contributed by atoms with van der Waals surface area (Å²) in [6.07, 6.45) is 3.31. The molecule has 0 spiro atoms. The van der Waals surface area contributed by atoms with Crippen molar-refractivity contribution in [2.75, 3.05) is 21.3 Å². The topological polar surface area (TPSA) is 86.3 Å². The largest absolute Gasteiger partial charge is 0.493 e. The minimum Gasteiger partial charge on any atom is -0.493 e. The van der Waals surface area contributed by atoms with Crippen LogP contribution in [0.2, 0.25) is 0 Å². The predicted octanol–water partition coefficient (Wildman–Crippen LogP) is 4.64. The molecule has 7 heteroatoms. The molecule has 0 saturated heterocycles. The number of fused-ring (bicyclic) bond motifs is 1. The normalized spacial score (nSPS) is 11.9. The van der Waals surface area contributed by atoms with Crippen molar-refractivity contribution >= 4 is 16.9 Å². The zero-order valence-electron chi connectivity index (χ0n) is 17.8. The summed E-state index contributed by atoms with van der Waals surface area (Å²) in [4.78, 5) is 25.4. The van der Waals surface area contributed by atoms with E-state index in [2.05, 4.69) is 15.0 Å². The molecule has 7 nitrogen and oxygen atoms in total. The molecule has 0 radical (unpaired) electrons. The number of methoxy groups -OCH3 is 3. The Morgan fingerprint density at radius 3 is 2.29 bits per heavy atom. The van der Waals surface area contributed by atoms with Crippen molar-refractivity contribution in [2.45, 2.75) is 12.8 Å². The molecule has 4 aromatic rings. The summed E-state index contributed by atoms with van der Waals surface area (Å²) in [5, 5.41) is 0. The van der Waals surface area contributed by atoms with Gasteiger partial charge in [-0.05, 0) is 17.7 Å². The number of benzene rings is 2. The molecule has 1 unspecified atom stereocenters. The second-order valence-electron chi connectivity index (χ2n) is 7.07. The molecule has 0 amide bonds. The van der Waals surface area contributed by atoms with Crippen LogP contribution in [0.1, 0.15) is 28.8 Å². The van der Waals surface area contributed by atoms with Gasteiger partial charge in [0.15, 0.2) is 22.9 Å². The molecule has 31 heavy (non-hydrogen) atoms. The monoisotopic (exact) mass is 417 g/mol. The third-order valence-corrected chi connectivity index (χ3v) is 5.30. The fraction of sp³-hybridized carbons (Fsp3) is 0.208. The van der Waals surface area contributed by atoms with Crippen molar-refractivity contribution in [3.05, 3.63) is 66.0 Å². The van der Waals surface area contributed by atoms with E-state index >= 15 is 0 Å². The van der Waals surface area contributed by atoms with Gasteiger partial charge >= 0.3 is 0 Å². The molecule has 4 rings (SSSR count). The van der Waals surface area contributed by atoms with Crippen LogP contribution < -0.4 is 14.2 Å². The number of rotatable bonds is 7. The van der Waals surface area contributed by atoms with Gasteiger partial charge in [-0.3, -0.25) is 4.79 Å². The average Bonchev–Trinajstić information content (AvgIpc) is 3.25. The van der Waals surface area contributed by atoms with Crippen molar-refractivity contribution in [3.63, 3.8) is 0 Å². The second kappa shape index (κ2) is 8.47. The first kappa shape index (κ1) is 20.4. The summed E-state index contributed by atoms with van der Waals surface area (Å²) in [7, 11) is 4.68. The summed E-state index contributed by atoms with van der Waals surface area (Å²) in [5.41, 5.74) is 3.94. The third-order valence-electron chi connectivity index (χ3n) is 5.30. The van der Waals surface area contributed by atoms with Crippen LogP contribution in [0.4, 0.5) is 0 Å². The van der Waals surface area contributed by atoms with Gasteiger partial charge in [-0.1, -0.05) is 37.3 Å². The Kier molecular flexibility index (Phi) is 5.58. The van der Waals surface area contributed by atoms with Crippen LogP contribution in [-0.2, 0) is 0 Å². The summed E-state index contributed by atoms with van der Waals surface area (Å²) in [5.74, 6) is 1.27. The lowest BCUT2D eigenvalue weighted by molar-refractivity contribution is 0.0967. The molecule has 0 saturated carbocycles. The van der Waals surface area contributed by atoms with E-state index in [1.165, 1.54) is 0 Å². The number of ketones is 1. The number of Topliss-reactive ketones (excluding diaryl/α,β-unsaturated/α-hetero) is 1. The maximum absolute atomic E-state index is 13.1. The van der Waals surface area contributed by atoms with Crippen molar-refractivity contribution in [2.24, 2.45) is 0 Å². The Bertz CT molecular complexity index is 1210. The van der Waals surface area contributed by atoms with E-state index in [4.69, 9.17) is 14.2 Å². The third kappa shape index (κ3) is 3.70. The van der Waals surface area contributed by atoms with Gasteiger partial charge in [0.1, 0.15) is 5.52 Å². The Morgan fingerprint density at radius 2 is 1.68 bits per heavy atom. The quantitative estimate of drug-likeness (QED) is 0.441. The highest BCUT2D eigenvalue weighted by molar-refractivity contribution is 6.08. The fourth-order valence-electron chi connectivity index (χ4n) is 3.58. The molecule has 0 aliphatic carbocycles. The second-order valence-corrected chi connectivity index (χ2v) is 7.07. The fourth-order valence-corrected chi connectivity index (χ4v) is 3.58. The first-order chi connectivity index (χ1) is 15.1. The lowest BCUT2D eigenvalue weighted by Crippen LogP contribution is -2.09. The molecular weight excluding hydrogens is 394 g/mol. The van der Waals surface area contributed by atoms with Gasteiger partial charge in [-0.2, -0.15) is 0 Å². The van der Waals surface area contributed by atoms with Crippen LogP contribution in [0, 0.1) is 0 Å². The van der Waals surface area contributed by atoms with Crippen LogP contribution in [0.3, 0.4) is 0 Å². The number of H-pyrrole nitrogens is 1. The van der Waals surface area contributed by atoms with E-state index < -0.39 is 0 Å². The molecule has 1 atom stereocenters. The van der Waals surface area contributed by atoms with Crippen molar-refractivity contribution in [1.29, 1.82) is 0 Å². The van der Waals surface area contributed by atoms with Crippen LogP contribution in [0.25, 0.3) is 22.4 Å². The van der Waals surface area contributed by atoms with E-state index in [9.17, 15) is 4.79 Å². The molecule has 0 fully saturated rings. The molecular formula is C24H23N3O4. The Labute approximate surface area is 180 Å². The maximum Gasteiger partial charge on any atom is 0.203 e. The number of aromatic amines is 1. The number of nitrogens with zero attached hydrogens (tertiary/aromatic N) is 2. The average molecular weight is 417 g/mol. The Balaban J connectivity index is 1.72. The number of hydrogen-bond acceptors (Lipinski definition) is 6. The van der Waals surface area contributed by atoms with Gasteiger partial charge in [0.05, 0.1) is 38.8 Å². The minimum atomic E-state index is -0.281. The Morgan fingerprint density at radius 1 is 1.00 bits per heavy atom. The van der Waals surface area contributed by atoms with Gasteiger partial charge in [0, 0.05) is 17.7 Å². The highest BCUT2D eigenvalue weighted by Gasteiger charge is 2.22. The van der Waals surface area contributed by atoms with E-state index in [1.807, 2.05) is 49.4 Å². The number of aromatic nitrogens is 3. The number of nitrogens with one attached hydrogen (secondary N) is 1. The molecule has 2 aromatic carbocycles. The van der Waals surface area contributed by atoms with E-state index in [0.29, 0.717) is 39.7 Å². The minimum absolute atomic E-state index is 0.00714. The zero-order valence-corrected chi connectivity index (χ0v) is 17.8. The molecule has 0 aliphatic heterocycles. The van der Waals surface area contributed by atoms with E-state index in [0.717, 1.165) is 11.1 Å². The number of hydrogen-bond donors (Lipinski definition) is 1. The molecule has 2 aromatic heterocycles. The van der Waals surface area contributed by atoms with Gasteiger partial charge in [-0.25, -0.2) is 9.97 Å². The van der Waals surface area contributed by atoms with Crippen LogP contribution in [0.5, 0.6) is 17.2 Å². The van der Waals surface area contributed by atoms with Gasteiger partial charge in [-0.15, -0.1) is 0 Å². The molecule has 0 bridgehead atoms. The van der Waals surface area contributed by atoms with Crippen molar-refractivity contribution < 1.29 is 19.0 Å². The number of ether oxygens (including phenoxy) is 3. The van der Waals surface area contributed by atoms with Crippen molar-refractivity contribution in [1.82, 2.24) is 15.0 Å². The summed E-state index contributed by atoms with van der Waals surface area (Å²) in [6, 6.07) is 13.3. The molecule has 0 aliphatic rings. The number of carbonyl (C=O) groups excluding carboxylic acids is 1. The lowest BCUT2D eigenvalue weighted by Gasteiger charge is -2.14. The summed E-state index contributed by atoms with van der Waals surface area (Å²) >= 11 is 0. The van der Waals surface area contributed by atoms with Crippen molar-refractivity contribution in [3.8, 4) is 28.5 Å².